The van der Waals surface area contributed by atoms with E-state index in [2.05, 4.69) is 9.71 Å². The van der Waals surface area contributed by atoms with Crippen LogP contribution in [0.4, 0.5) is 5.82 Å². The molecule has 0 spiro atoms. The summed E-state index contributed by atoms with van der Waals surface area (Å²) in [7, 11) is -3.65. The van der Waals surface area contributed by atoms with Gasteiger partial charge in [-0.1, -0.05) is 11.6 Å². The number of anilines is 1. The lowest BCUT2D eigenvalue weighted by atomic mass is 10.1. The molecule has 0 radical (unpaired) electrons. The molecule has 5 nitrogen and oxygen atoms in total. The summed E-state index contributed by atoms with van der Waals surface area (Å²) in [5, 5.41) is 4.07. The molecule has 0 aliphatic carbocycles. The second-order valence-corrected chi connectivity index (χ2v) is 7.30. The number of nitrogens with one attached hydrogen (secondary N) is 1. The van der Waals surface area contributed by atoms with Crippen molar-refractivity contribution in [3.63, 3.8) is 0 Å². The second kappa shape index (κ2) is 6.09. The predicted molar refractivity (Wildman–Crippen MR) is 81.5 cm³/mol. The molecule has 1 unspecified atom stereocenters. The van der Waals surface area contributed by atoms with Gasteiger partial charge in [-0.05, 0) is 41.8 Å². The molecule has 1 atom stereocenters. The van der Waals surface area contributed by atoms with E-state index in [1.807, 2.05) is 23.8 Å². The summed E-state index contributed by atoms with van der Waals surface area (Å²) >= 11 is 7.37. The molecule has 2 heterocycles. The fourth-order valence-corrected chi connectivity index (χ4v) is 3.84. The highest BCUT2D eigenvalue weighted by Gasteiger charge is 2.19. The number of thiophene rings is 1. The summed E-state index contributed by atoms with van der Waals surface area (Å²) < 4.78 is 27.0. The van der Waals surface area contributed by atoms with E-state index in [1.54, 1.807) is 11.3 Å². The molecular weight excluding hydrogens is 318 g/mol. The minimum Gasteiger partial charge on any atom is -0.382 e. The number of nitrogens with zero attached hydrogens (tertiary/aromatic N) is 1. The first-order valence-corrected chi connectivity index (χ1v) is 8.63. The zero-order valence-electron chi connectivity index (χ0n) is 10.7. The molecule has 0 amide bonds. The third-order valence-corrected chi connectivity index (χ3v) is 5.22. The Balaban J connectivity index is 2.12. The van der Waals surface area contributed by atoms with Crippen LogP contribution in [0.3, 0.4) is 0 Å². The molecule has 0 fully saturated rings. The summed E-state index contributed by atoms with van der Waals surface area (Å²) in [6, 6.07) is 3.03. The van der Waals surface area contributed by atoms with Crippen molar-refractivity contribution in [1.29, 1.82) is 0 Å². The van der Waals surface area contributed by atoms with Gasteiger partial charge in [-0.25, -0.2) is 18.1 Å². The first-order valence-electron chi connectivity index (χ1n) is 5.83. The average Bonchev–Trinajstić information content (AvgIpc) is 2.84. The van der Waals surface area contributed by atoms with Crippen molar-refractivity contribution >= 4 is 38.8 Å². The Hall–Kier alpha value is -1.15. The highest BCUT2D eigenvalue weighted by molar-refractivity contribution is 7.89. The van der Waals surface area contributed by atoms with Crippen molar-refractivity contribution in [3.05, 3.63) is 39.7 Å². The molecule has 108 valence electrons. The maximum absolute atomic E-state index is 12.2. The highest BCUT2D eigenvalue weighted by Crippen LogP contribution is 2.20. The molecule has 0 bridgehead atoms. The summed E-state index contributed by atoms with van der Waals surface area (Å²) in [4.78, 5) is 3.76. The molecule has 0 aliphatic rings. The fourth-order valence-electron chi connectivity index (χ4n) is 1.71. The molecule has 2 aromatic rings. The van der Waals surface area contributed by atoms with Gasteiger partial charge in [-0.3, -0.25) is 0 Å². The first-order chi connectivity index (χ1) is 9.38. The van der Waals surface area contributed by atoms with Crippen LogP contribution in [0.15, 0.2) is 34.0 Å². The maximum Gasteiger partial charge on any atom is 0.242 e. The number of rotatable bonds is 5. The van der Waals surface area contributed by atoms with Gasteiger partial charge >= 0.3 is 0 Å². The molecule has 20 heavy (non-hydrogen) atoms. The van der Waals surface area contributed by atoms with E-state index in [9.17, 15) is 8.42 Å². The van der Waals surface area contributed by atoms with E-state index in [1.165, 1.54) is 12.3 Å². The van der Waals surface area contributed by atoms with Crippen LogP contribution in [0.5, 0.6) is 0 Å². The molecule has 2 aromatic heterocycles. The van der Waals surface area contributed by atoms with Crippen LogP contribution in [0.2, 0.25) is 5.02 Å². The van der Waals surface area contributed by atoms with Gasteiger partial charge in [0, 0.05) is 12.2 Å². The van der Waals surface area contributed by atoms with E-state index in [-0.39, 0.29) is 21.8 Å². The number of hydrogen-bond donors (Lipinski definition) is 2. The lowest BCUT2D eigenvalue weighted by Gasteiger charge is -2.13. The van der Waals surface area contributed by atoms with Gasteiger partial charge in [-0.2, -0.15) is 11.3 Å². The molecule has 0 saturated heterocycles. The number of pyridine rings is 1. The van der Waals surface area contributed by atoms with Gasteiger partial charge in [0.05, 0.1) is 5.02 Å². The Kier molecular flexibility index (Phi) is 4.64. The van der Waals surface area contributed by atoms with Crippen LogP contribution in [0.25, 0.3) is 0 Å². The molecule has 0 saturated carbocycles. The minimum atomic E-state index is -3.65. The predicted octanol–water partition coefficient (Wildman–Crippen LogP) is 2.29. The van der Waals surface area contributed by atoms with Gasteiger partial charge in [0.2, 0.25) is 10.0 Å². The van der Waals surface area contributed by atoms with E-state index in [0.717, 1.165) is 5.56 Å². The number of nitrogens with two attached hydrogens (primary N) is 1. The van der Waals surface area contributed by atoms with Crippen LogP contribution in [-0.4, -0.2) is 19.4 Å². The second-order valence-electron chi connectivity index (χ2n) is 4.40. The largest absolute Gasteiger partial charge is 0.382 e. The van der Waals surface area contributed by atoms with Crippen molar-refractivity contribution in [2.75, 3.05) is 5.73 Å². The Labute approximate surface area is 126 Å². The van der Waals surface area contributed by atoms with Gasteiger partial charge < -0.3 is 5.73 Å². The molecule has 0 aliphatic heterocycles. The highest BCUT2D eigenvalue weighted by atomic mass is 35.5. The normalized spacial score (nSPS) is 13.3. The quantitative estimate of drug-likeness (QED) is 0.880. The summed E-state index contributed by atoms with van der Waals surface area (Å²) in [6.07, 6.45) is 1.82. The number of sulfonamides is 1. The monoisotopic (exact) mass is 331 g/mol. The molecule has 2 rings (SSSR count). The van der Waals surface area contributed by atoms with Crippen molar-refractivity contribution < 1.29 is 8.42 Å². The van der Waals surface area contributed by atoms with Crippen molar-refractivity contribution in [2.45, 2.75) is 24.3 Å². The Morgan fingerprint density at radius 3 is 2.90 bits per heavy atom. The van der Waals surface area contributed by atoms with Crippen LogP contribution < -0.4 is 10.5 Å². The average molecular weight is 332 g/mol. The first kappa shape index (κ1) is 15.2. The molecule has 8 heteroatoms. The van der Waals surface area contributed by atoms with Gasteiger partial charge in [-0.15, -0.1) is 0 Å². The van der Waals surface area contributed by atoms with E-state index in [4.69, 9.17) is 17.3 Å². The summed E-state index contributed by atoms with van der Waals surface area (Å²) in [5.41, 5.74) is 6.56. The standard InChI is InChI=1S/C12H14ClN3O2S2/c1-8(4-9-2-3-19-7-9)16-20(17,18)10-5-11(13)12(14)15-6-10/h2-3,5-8,16H,4H2,1H3,(H2,14,15). The Morgan fingerprint density at radius 2 is 2.30 bits per heavy atom. The summed E-state index contributed by atoms with van der Waals surface area (Å²) in [6.45, 7) is 1.81. The fraction of sp³-hybridized carbons (Fsp3) is 0.250. The van der Waals surface area contributed by atoms with Gasteiger partial charge in [0.25, 0.3) is 0 Å². The van der Waals surface area contributed by atoms with Crippen LogP contribution in [0, 0.1) is 0 Å². The maximum atomic E-state index is 12.2. The SMILES string of the molecule is CC(Cc1ccsc1)NS(=O)(=O)c1cnc(N)c(Cl)c1. The lowest BCUT2D eigenvalue weighted by Crippen LogP contribution is -2.34. The minimum absolute atomic E-state index is 0.00821. The lowest BCUT2D eigenvalue weighted by molar-refractivity contribution is 0.559. The van der Waals surface area contributed by atoms with Gasteiger partial charge in [0.1, 0.15) is 10.7 Å². The van der Waals surface area contributed by atoms with Gasteiger partial charge in [0.15, 0.2) is 0 Å². The van der Waals surface area contributed by atoms with Crippen LogP contribution in [-0.2, 0) is 16.4 Å². The molecule has 3 N–H and O–H groups in total. The Bertz CT molecular complexity index is 687. The number of halogens is 1. The smallest absolute Gasteiger partial charge is 0.242 e. The zero-order valence-corrected chi connectivity index (χ0v) is 13.1. The van der Waals surface area contributed by atoms with Crippen LogP contribution >= 0.6 is 22.9 Å². The Morgan fingerprint density at radius 1 is 1.55 bits per heavy atom. The molecular formula is C12H14ClN3O2S2. The topological polar surface area (TPSA) is 85.1 Å². The van der Waals surface area contributed by atoms with Crippen molar-refractivity contribution in [3.8, 4) is 0 Å². The van der Waals surface area contributed by atoms with Crippen molar-refractivity contribution in [1.82, 2.24) is 9.71 Å². The van der Waals surface area contributed by atoms with Crippen LogP contribution in [0.1, 0.15) is 12.5 Å². The summed E-state index contributed by atoms with van der Waals surface area (Å²) in [5.74, 6) is 0.108. The van der Waals surface area contributed by atoms with E-state index in [0.29, 0.717) is 6.42 Å². The zero-order chi connectivity index (χ0) is 14.8. The van der Waals surface area contributed by atoms with E-state index >= 15 is 0 Å². The van der Waals surface area contributed by atoms with Crippen molar-refractivity contribution in [2.24, 2.45) is 0 Å². The molecule has 0 aromatic carbocycles. The number of aromatic nitrogens is 1. The number of nitrogen functional groups attached to an aromatic ring is 1. The third kappa shape index (κ3) is 3.69. The number of hydrogen-bond acceptors (Lipinski definition) is 5. The van der Waals surface area contributed by atoms with E-state index < -0.39 is 10.0 Å². The third-order valence-electron chi connectivity index (χ3n) is 2.63.